The molecule has 1 atom stereocenters. The van der Waals surface area contributed by atoms with Crippen LogP contribution in [0.1, 0.15) is 10.7 Å². The molecule has 4 nitrogen and oxygen atoms in total. The number of aromatic nitrogens is 1. The third-order valence-electron chi connectivity index (χ3n) is 1.32. The lowest BCUT2D eigenvalue weighted by molar-refractivity contribution is -0.146. The molecule has 1 heterocycles. The molecule has 0 fully saturated rings. The van der Waals surface area contributed by atoms with E-state index in [2.05, 4.69) is 4.98 Å². The SMILES string of the molecule is Cc1csc(CC(O)C(=O)O)n1. The fourth-order valence-electron chi connectivity index (χ4n) is 0.749. The van der Waals surface area contributed by atoms with Crippen LogP contribution in [-0.4, -0.2) is 27.3 Å². The van der Waals surface area contributed by atoms with Gasteiger partial charge in [0.05, 0.1) is 5.01 Å². The van der Waals surface area contributed by atoms with E-state index in [0.717, 1.165) is 5.69 Å². The maximum atomic E-state index is 10.2. The molecule has 2 N–H and O–H groups in total. The van der Waals surface area contributed by atoms with E-state index >= 15 is 0 Å². The van der Waals surface area contributed by atoms with Crippen LogP contribution in [0.25, 0.3) is 0 Å². The fraction of sp³-hybridized carbons (Fsp3) is 0.429. The third-order valence-corrected chi connectivity index (χ3v) is 2.31. The molecule has 0 aliphatic heterocycles. The van der Waals surface area contributed by atoms with Crippen molar-refractivity contribution in [2.24, 2.45) is 0 Å². The van der Waals surface area contributed by atoms with Crippen molar-refractivity contribution in [3.63, 3.8) is 0 Å². The number of hydrogen-bond donors (Lipinski definition) is 2. The van der Waals surface area contributed by atoms with Crippen LogP contribution in [0.5, 0.6) is 0 Å². The van der Waals surface area contributed by atoms with Gasteiger partial charge in [-0.05, 0) is 6.92 Å². The Bertz CT molecular complexity index is 284. The standard InChI is InChI=1S/C7H9NO3S/c1-4-3-12-6(8-4)2-5(9)7(10)11/h3,5,9H,2H2,1H3,(H,10,11). The molecule has 1 unspecified atom stereocenters. The van der Waals surface area contributed by atoms with Gasteiger partial charge in [-0.2, -0.15) is 0 Å². The molecule has 0 spiro atoms. The van der Waals surface area contributed by atoms with Crippen LogP contribution in [0.15, 0.2) is 5.38 Å². The van der Waals surface area contributed by atoms with Gasteiger partial charge >= 0.3 is 5.97 Å². The van der Waals surface area contributed by atoms with Gasteiger partial charge in [-0.1, -0.05) is 0 Å². The van der Waals surface area contributed by atoms with Gasteiger partial charge in [0.2, 0.25) is 0 Å². The quantitative estimate of drug-likeness (QED) is 0.720. The van der Waals surface area contributed by atoms with Crippen molar-refractivity contribution in [3.05, 3.63) is 16.1 Å². The maximum Gasteiger partial charge on any atom is 0.332 e. The summed E-state index contributed by atoms with van der Waals surface area (Å²) >= 11 is 1.36. The molecule has 1 rings (SSSR count). The molecule has 0 radical (unpaired) electrons. The first-order chi connectivity index (χ1) is 5.59. The molecular weight excluding hydrogens is 178 g/mol. The number of carboxylic acid groups (broad SMARTS) is 1. The second kappa shape index (κ2) is 3.64. The summed E-state index contributed by atoms with van der Waals surface area (Å²) in [5, 5.41) is 19.8. The lowest BCUT2D eigenvalue weighted by Gasteiger charge is -2.00. The van der Waals surface area contributed by atoms with Crippen molar-refractivity contribution in [1.82, 2.24) is 4.98 Å². The van der Waals surface area contributed by atoms with E-state index in [0.29, 0.717) is 5.01 Å². The van der Waals surface area contributed by atoms with Gasteiger partial charge in [0.1, 0.15) is 0 Å². The number of hydrogen-bond acceptors (Lipinski definition) is 4. The van der Waals surface area contributed by atoms with Crippen LogP contribution in [-0.2, 0) is 11.2 Å². The van der Waals surface area contributed by atoms with Crippen LogP contribution in [0.3, 0.4) is 0 Å². The van der Waals surface area contributed by atoms with Crippen LogP contribution in [0.4, 0.5) is 0 Å². The van der Waals surface area contributed by atoms with Gasteiger partial charge in [0.25, 0.3) is 0 Å². The Balaban J connectivity index is 2.58. The van der Waals surface area contributed by atoms with Gasteiger partial charge in [-0.15, -0.1) is 11.3 Å². The van der Waals surface area contributed by atoms with E-state index in [1.165, 1.54) is 11.3 Å². The van der Waals surface area contributed by atoms with E-state index in [-0.39, 0.29) is 6.42 Å². The molecule has 0 aliphatic rings. The summed E-state index contributed by atoms with van der Waals surface area (Å²) < 4.78 is 0. The molecule has 0 saturated carbocycles. The molecule has 0 saturated heterocycles. The zero-order valence-electron chi connectivity index (χ0n) is 6.52. The highest BCUT2D eigenvalue weighted by Crippen LogP contribution is 2.10. The topological polar surface area (TPSA) is 70.4 Å². The van der Waals surface area contributed by atoms with E-state index in [9.17, 15) is 4.79 Å². The predicted molar refractivity (Wildman–Crippen MR) is 44.2 cm³/mol. The zero-order valence-corrected chi connectivity index (χ0v) is 7.34. The van der Waals surface area contributed by atoms with Crippen molar-refractivity contribution >= 4 is 17.3 Å². The Kier molecular flexibility index (Phi) is 2.78. The van der Waals surface area contributed by atoms with Gasteiger partial charge in [0, 0.05) is 17.5 Å². The highest BCUT2D eigenvalue weighted by molar-refractivity contribution is 7.09. The summed E-state index contributed by atoms with van der Waals surface area (Å²) in [7, 11) is 0. The predicted octanol–water partition coefficient (Wildman–Crippen LogP) is 0.440. The first kappa shape index (κ1) is 9.15. The molecule has 0 aromatic carbocycles. The molecule has 1 aromatic heterocycles. The Labute approximate surface area is 73.5 Å². The lowest BCUT2D eigenvalue weighted by Crippen LogP contribution is -2.21. The van der Waals surface area contributed by atoms with Crippen molar-refractivity contribution in [2.45, 2.75) is 19.4 Å². The number of carbonyl (C=O) groups is 1. The number of aliphatic carboxylic acids is 1. The van der Waals surface area contributed by atoms with Crippen molar-refractivity contribution < 1.29 is 15.0 Å². The summed E-state index contributed by atoms with van der Waals surface area (Å²) in [6, 6.07) is 0. The van der Waals surface area contributed by atoms with Crippen LogP contribution in [0, 0.1) is 6.92 Å². The van der Waals surface area contributed by atoms with Crippen molar-refractivity contribution in [2.75, 3.05) is 0 Å². The summed E-state index contributed by atoms with van der Waals surface area (Å²) in [6.07, 6.45) is -1.25. The highest BCUT2D eigenvalue weighted by Gasteiger charge is 2.15. The first-order valence-corrected chi connectivity index (χ1v) is 4.29. The monoisotopic (exact) mass is 187 g/mol. The minimum absolute atomic E-state index is 0.0911. The summed E-state index contributed by atoms with van der Waals surface area (Å²) in [6.45, 7) is 1.83. The fourth-order valence-corrected chi connectivity index (χ4v) is 1.56. The van der Waals surface area contributed by atoms with Crippen molar-refractivity contribution in [1.29, 1.82) is 0 Å². The van der Waals surface area contributed by atoms with Crippen LogP contribution in [0.2, 0.25) is 0 Å². The molecule has 0 aliphatic carbocycles. The molecule has 12 heavy (non-hydrogen) atoms. The number of carboxylic acids is 1. The lowest BCUT2D eigenvalue weighted by atomic mass is 10.3. The number of rotatable bonds is 3. The van der Waals surface area contributed by atoms with Gasteiger partial charge in [-0.3, -0.25) is 0 Å². The van der Waals surface area contributed by atoms with E-state index in [1.54, 1.807) is 0 Å². The summed E-state index contributed by atoms with van der Waals surface area (Å²) in [5.41, 5.74) is 0.854. The maximum absolute atomic E-state index is 10.2. The Morgan fingerprint density at radius 1 is 1.83 bits per heavy atom. The third kappa shape index (κ3) is 2.28. The smallest absolute Gasteiger partial charge is 0.332 e. The van der Waals surface area contributed by atoms with Crippen LogP contribution < -0.4 is 0 Å². The summed E-state index contributed by atoms with van der Waals surface area (Å²) in [5.74, 6) is -1.21. The van der Waals surface area contributed by atoms with Crippen molar-refractivity contribution in [3.8, 4) is 0 Å². The Hall–Kier alpha value is -0.940. The number of aryl methyl sites for hydroxylation is 1. The molecule has 1 aromatic rings. The van der Waals surface area contributed by atoms with E-state index in [1.807, 2.05) is 12.3 Å². The normalized spacial score (nSPS) is 12.8. The average Bonchev–Trinajstić information content (AvgIpc) is 2.35. The van der Waals surface area contributed by atoms with E-state index < -0.39 is 12.1 Å². The van der Waals surface area contributed by atoms with Gasteiger partial charge in [-0.25, -0.2) is 9.78 Å². The number of thiazole rings is 1. The molecular formula is C7H9NO3S. The molecule has 0 amide bonds. The largest absolute Gasteiger partial charge is 0.479 e. The zero-order chi connectivity index (χ0) is 9.14. The van der Waals surface area contributed by atoms with Gasteiger partial charge in [0.15, 0.2) is 6.10 Å². The Morgan fingerprint density at radius 2 is 2.50 bits per heavy atom. The minimum atomic E-state index is -1.34. The number of nitrogens with zero attached hydrogens (tertiary/aromatic N) is 1. The average molecular weight is 187 g/mol. The highest BCUT2D eigenvalue weighted by atomic mass is 32.1. The van der Waals surface area contributed by atoms with E-state index in [4.69, 9.17) is 10.2 Å². The minimum Gasteiger partial charge on any atom is -0.479 e. The second-order valence-corrected chi connectivity index (χ2v) is 3.38. The molecule has 5 heteroatoms. The molecule has 66 valence electrons. The summed E-state index contributed by atoms with van der Waals surface area (Å²) in [4.78, 5) is 14.3. The Morgan fingerprint density at radius 3 is 2.92 bits per heavy atom. The number of aliphatic hydroxyl groups excluding tert-OH is 1. The molecule has 0 bridgehead atoms. The number of aliphatic hydroxyl groups is 1. The van der Waals surface area contributed by atoms with Gasteiger partial charge < -0.3 is 10.2 Å². The first-order valence-electron chi connectivity index (χ1n) is 3.41. The van der Waals surface area contributed by atoms with Crippen LogP contribution >= 0.6 is 11.3 Å². The second-order valence-electron chi connectivity index (χ2n) is 2.44.